The van der Waals surface area contributed by atoms with Crippen molar-refractivity contribution in [1.29, 1.82) is 0 Å². The van der Waals surface area contributed by atoms with Crippen molar-refractivity contribution >= 4 is 18.3 Å². The fourth-order valence-electron chi connectivity index (χ4n) is 2.69. The zero-order valence-electron chi connectivity index (χ0n) is 13.1. The third-order valence-electron chi connectivity index (χ3n) is 3.87. The van der Waals surface area contributed by atoms with Crippen LogP contribution in [0.25, 0.3) is 0 Å². The van der Waals surface area contributed by atoms with Crippen LogP contribution in [0, 0.1) is 13.8 Å². The van der Waals surface area contributed by atoms with Crippen molar-refractivity contribution < 1.29 is 9.53 Å². The molecule has 0 bridgehead atoms. The van der Waals surface area contributed by atoms with Crippen LogP contribution in [0.15, 0.2) is 6.20 Å². The number of pyridine rings is 1. The third-order valence-corrected chi connectivity index (χ3v) is 3.87. The van der Waals surface area contributed by atoms with Gasteiger partial charge in [0.2, 0.25) is 5.91 Å². The Balaban J connectivity index is 0.00000220. The molecule has 1 aromatic heterocycles. The first kappa shape index (κ1) is 17.7. The highest BCUT2D eigenvalue weighted by molar-refractivity contribution is 5.85. The summed E-state index contributed by atoms with van der Waals surface area (Å²) >= 11 is 0. The van der Waals surface area contributed by atoms with Crippen molar-refractivity contribution in [3.8, 4) is 5.75 Å². The van der Waals surface area contributed by atoms with E-state index in [2.05, 4.69) is 10.3 Å². The summed E-state index contributed by atoms with van der Waals surface area (Å²) in [5, 5.41) is 3.23. The minimum atomic E-state index is -0.0346. The molecule has 1 aromatic rings. The molecule has 1 aliphatic heterocycles. The number of amides is 1. The number of nitrogens with zero attached hydrogens (tertiary/aromatic N) is 2. The SMILES string of the molecule is COc1c(C)cnc(CN(C)C(=O)C2CCCN2)c1C.Cl. The zero-order chi connectivity index (χ0) is 14.7. The van der Waals surface area contributed by atoms with Gasteiger partial charge in [-0.2, -0.15) is 0 Å². The van der Waals surface area contributed by atoms with E-state index in [1.165, 1.54) is 0 Å². The van der Waals surface area contributed by atoms with Crippen LogP contribution in [0.1, 0.15) is 29.7 Å². The van der Waals surface area contributed by atoms with Crippen molar-refractivity contribution in [2.45, 2.75) is 39.3 Å². The Hall–Kier alpha value is -1.33. The number of hydrogen-bond donors (Lipinski definition) is 1. The zero-order valence-corrected chi connectivity index (χ0v) is 13.9. The molecule has 2 heterocycles. The summed E-state index contributed by atoms with van der Waals surface area (Å²) in [4.78, 5) is 18.5. The van der Waals surface area contributed by atoms with Gasteiger partial charge in [-0.1, -0.05) is 0 Å². The molecule has 0 radical (unpaired) electrons. The molecule has 1 fully saturated rings. The highest BCUT2D eigenvalue weighted by Crippen LogP contribution is 2.24. The first-order valence-electron chi connectivity index (χ1n) is 7.02. The lowest BCUT2D eigenvalue weighted by molar-refractivity contribution is -0.132. The summed E-state index contributed by atoms with van der Waals surface area (Å²) in [6.07, 6.45) is 3.79. The standard InChI is InChI=1S/C15H23N3O2.ClH/c1-10-8-17-13(11(2)14(10)20-4)9-18(3)15(19)12-6-5-7-16-12;/h8,12,16H,5-7,9H2,1-4H3;1H. The van der Waals surface area contributed by atoms with Crippen LogP contribution in [0.3, 0.4) is 0 Å². The van der Waals surface area contributed by atoms with Crippen LogP contribution in [-0.2, 0) is 11.3 Å². The number of halogens is 1. The summed E-state index contributed by atoms with van der Waals surface area (Å²) in [5.74, 6) is 0.998. The van der Waals surface area contributed by atoms with Gasteiger partial charge in [0.05, 0.1) is 25.4 Å². The van der Waals surface area contributed by atoms with Gasteiger partial charge in [0, 0.05) is 24.4 Å². The molecule has 0 spiro atoms. The van der Waals surface area contributed by atoms with Crippen LogP contribution in [0.4, 0.5) is 0 Å². The Morgan fingerprint density at radius 1 is 1.52 bits per heavy atom. The van der Waals surface area contributed by atoms with Crippen molar-refractivity contribution in [1.82, 2.24) is 15.2 Å². The number of carbonyl (C=O) groups excluding carboxylic acids is 1. The maximum atomic E-state index is 12.3. The molecule has 5 nitrogen and oxygen atoms in total. The summed E-state index contributed by atoms with van der Waals surface area (Å²) in [6, 6.07) is -0.0346. The second-order valence-corrected chi connectivity index (χ2v) is 5.39. The van der Waals surface area contributed by atoms with Crippen LogP contribution < -0.4 is 10.1 Å². The number of hydrogen-bond acceptors (Lipinski definition) is 4. The first-order chi connectivity index (χ1) is 9.54. The average Bonchev–Trinajstić information content (AvgIpc) is 2.95. The van der Waals surface area contributed by atoms with E-state index in [-0.39, 0.29) is 24.4 Å². The number of nitrogens with one attached hydrogen (secondary N) is 1. The molecule has 2 rings (SSSR count). The molecule has 0 aromatic carbocycles. The van der Waals surface area contributed by atoms with Gasteiger partial charge in [-0.3, -0.25) is 9.78 Å². The second kappa shape index (κ2) is 7.61. The van der Waals surface area contributed by atoms with Crippen molar-refractivity contribution in [2.24, 2.45) is 0 Å². The van der Waals surface area contributed by atoms with Crippen LogP contribution in [-0.4, -0.2) is 42.5 Å². The normalized spacial score (nSPS) is 17.2. The van der Waals surface area contributed by atoms with Gasteiger partial charge in [-0.05, 0) is 33.2 Å². The molecular weight excluding hydrogens is 290 g/mol. The van der Waals surface area contributed by atoms with Gasteiger partial charge in [-0.25, -0.2) is 0 Å². The number of aromatic nitrogens is 1. The number of aryl methyl sites for hydroxylation is 1. The average molecular weight is 314 g/mol. The number of methoxy groups -OCH3 is 1. The Morgan fingerprint density at radius 3 is 2.81 bits per heavy atom. The summed E-state index contributed by atoms with van der Waals surface area (Å²) in [7, 11) is 3.49. The second-order valence-electron chi connectivity index (χ2n) is 5.39. The Kier molecular flexibility index (Phi) is 6.42. The lowest BCUT2D eigenvalue weighted by Crippen LogP contribution is -2.41. The molecule has 1 atom stereocenters. The Morgan fingerprint density at radius 2 is 2.24 bits per heavy atom. The van der Waals surface area contributed by atoms with E-state index in [9.17, 15) is 4.79 Å². The predicted octanol–water partition coefficient (Wildman–Crippen LogP) is 1.84. The van der Waals surface area contributed by atoms with E-state index < -0.39 is 0 Å². The van der Waals surface area contributed by atoms with E-state index >= 15 is 0 Å². The van der Waals surface area contributed by atoms with E-state index in [1.54, 1.807) is 18.2 Å². The molecule has 1 amide bonds. The van der Waals surface area contributed by atoms with Gasteiger partial charge in [0.25, 0.3) is 0 Å². The number of carbonyl (C=O) groups is 1. The monoisotopic (exact) mass is 313 g/mol. The van der Waals surface area contributed by atoms with Gasteiger partial charge in [0.1, 0.15) is 5.75 Å². The van der Waals surface area contributed by atoms with Gasteiger partial charge >= 0.3 is 0 Å². The number of ether oxygens (including phenoxy) is 1. The van der Waals surface area contributed by atoms with Crippen molar-refractivity contribution in [2.75, 3.05) is 20.7 Å². The highest BCUT2D eigenvalue weighted by Gasteiger charge is 2.25. The van der Waals surface area contributed by atoms with Gasteiger partial charge < -0.3 is 15.0 Å². The molecule has 1 unspecified atom stereocenters. The van der Waals surface area contributed by atoms with E-state index in [0.29, 0.717) is 6.54 Å². The molecule has 118 valence electrons. The molecule has 21 heavy (non-hydrogen) atoms. The topological polar surface area (TPSA) is 54.5 Å². The first-order valence-corrected chi connectivity index (χ1v) is 7.02. The molecule has 0 aliphatic carbocycles. The Bertz CT molecular complexity index is 502. The third kappa shape index (κ3) is 3.86. The maximum Gasteiger partial charge on any atom is 0.239 e. The molecule has 1 N–H and O–H groups in total. The minimum Gasteiger partial charge on any atom is -0.496 e. The van der Waals surface area contributed by atoms with Crippen molar-refractivity contribution in [3.05, 3.63) is 23.0 Å². The van der Waals surface area contributed by atoms with Gasteiger partial charge in [-0.15, -0.1) is 12.4 Å². The van der Waals surface area contributed by atoms with E-state index in [1.807, 2.05) is 20.9 Å². The highest BCUT2D eigenvalue weighted by atomic mass is 35.5. The smallest absolute Gasteiger partial charge is 0.239 e. The van der Waals surface area contributed by atoms with Crippen molar-refractivity contribution in [3.63, 3.8) is 0 Å². The van der Waals surface area contributed by atoms with Crippen LogP contribution in [0.5, 0.6) is 5.75 Å². The lowest BCUT2D eigenvalue weighted by atomic mass is 10.1. The minimum absolute atomic E-state index is 0. The fourth-order valence-corrected chi connectivity index (χ4v) is 2.69. The molecule has 6 heteroatoms. The van der Waals surface area contributed by atoms with E-state index in [4.69, 9.17) is 4.74 Å². The van der Waals surface area contributed by atoms with E-state index in [0.717, 1.165) is 42.0 Å². The molecule has 1 aliphatic rings. The lowest BCUT2D eigenvalue weighted by Gasteiger charge is -2.22. The molecule has 0 saturated carbocycles. The quantitative estimate of drug-likeness (QED) is 0.921. The van der Waals surface area contributed by atoms with Crippen LogP contribution >= 0.6 is 12.4 Å². The largest absolute Gasteiger partial charge is 0.496 e. The summed E-state index contributed by atoms with van der Waals surface area (Å²) < 4.78 is 5.40. The Labute approximate surface area is 132 Å². The molecule has 1 saturated heterocycles. The fraction of sp³-hybridized carbons (Fsp3) is 0.600. The summed E-state index contributed by atoms with van der Waals surface area (Å²) in [5.41, 5.74) is 2.91. The molecular formula is C15H24ClN3O2. The van der Waals surface area contributed by atoms with Crippen LogP contribution in [0.2, 0.25) is 0 Å². The summed E-state index contributed by atoms with van der Waals surface area (Å²) in [6.45, 7) is 5.40. The van der Waals surface area contributed by atoms with Gasteiger partial charge in [0.15, 0.2) is 0 Å². The number of likely N-dealkylation sites (N-methyl/N-ethyl adjacent to an activating group) is 1. The maximum absolute atomic E-state index is 12.3. The predicted molar refractivity (Wildman–Crippen MR) is 85.0 cm³/mol. The number of rotatable bonds is 4.